The molecule has 0 radical (unpaired) electrons. The molecule has 0 bridgehead atoms. The maximum Gasteiger partial charge on any atom is 0.451 e. The van der Waals surface area contributed by atoms with E-state index in [0.717, 1.165) is 51.7 Å². The summed E-state index contributed by atoms with van der Waals surface area (Å²) >= 11 is 12.1. The lowest BCUT2D eigenvalue weighted by atomic mass is 9.82. The van der Waals surface area contributed by atoms with Gasteiger partial charge in [-0.25, -0.2) is 0 Å². The second-order valence-electron chi connectivity index (χ2n) is 7.23. The third-order valence-corrected chi connectivity index (χ3v) is 5.85. The van der Waals surface area contributed by atoms with Crippen LogP contribution in [0.4, 0.5) is 0 Å². The van der Waals surface area contributed by atoms with Crippen molar-refractivity contribution in [2.45, 2.75) is 57.4 Å². The number of rotatable bonds is 8. The molecular weight excluding hydrogens is 402 g/mol. The van der Waals surface area contributed by atoms with Crippen LogP contribution in [0.15, 0.2) is 18.2 Å². The summed E-state index contributed by atoms with van der Waals surface area (Å²) in [6.07, 6.45) is 6.88. The van der Waals surface area contributed by atoms with Crippen LogP contribution >= 0.6 is 23.2 Å². The van der Waals surface area contributed by atoms with E-state index in [1.165, 1.54) is 12.0 Å². The lowest BCUT2D eigenvalue weighted by molar-refractivity contribution is -0.191. The first kappa shape index (κ1) is 25.1. The summed E-state index contributed by atoms with van der Waals surface area (Å²) < 4.78 is 0. The molecule has 1 saturated heterocycles. The van der Waals surface area contributed by atoms with Gasteiger partial charge in [-0.3, -0.25) is 4.90 Å². The summed E-state index contributed by atoms with van der Waals surface area (Å²) in [5.41, 5.74) is 7.59. The van der Waals surface area contributed by atoms with Gasteiger partial charge in [-0.15, -0.1) is 0 Å². The molecule has 0 aromatic heterocycles. The van der Waals surface area contributed by atoms with Gasteiger partial charge in [-0.1, -0.05) is 42.1 Å². The molecule has 0 saturated carbocycles. The number of likely N-dealkylation sites (tertiary alicyclic amines) is 1. The van der Waals surface area contributed by atoms with Crippen molar-refractivity contribution < 1.29 is 19.6 Å². The lowest BCUT2D eigenvalue weighted by Crippen LogP contribution is -2.31. The number of hydrogen-bond donors (Lipinski definition) is 3. The van der Waals surface area contributed by atoms with Gasteiger partial charge < -0.3 is 15.8 Å². The number of unbranched alkanes of at least 4 members (excludes halogenated alkanes) is 1. The predicted molar refractivity (Wildman–Crippen MR) is 111 cm³/mol. The van der Waals surface area contributed by atoms with E-state index in [-0.39, 0.29) is 12.2 Å². The number of hydrogen-bond acceptors (Lipinski definition) is 6. The minimum atomic E-state index is -1.19. The molecule has 156 valence electrons. The van der Waals surface area contributed by atoms with Crippen LogP contribution in [0.2, 0.25) is 16.4 Å². The van der Waals surface area contributed by atoms with E-state index in [1.807, 2.05) is 18.2 Å². The highest BCUT2D eigenvalue weighted by atomic mass is 35.5. The molecule has 1 aliphatic rings. The molecule has 2 atom stereocenters. The number of nitrogens with zero attached hydrogens (tertiary/aromatic N) is 1. The van der Waals surface area contributed by atoms with Crippen LogP contribution in [0.1, 0.15) is 44.1 Å². The van der Waals surface area contributed by atoms with E-state index >= 15 is 0 Å². The third-order valence-electron chi connectivity index (χ3n) is 5.11. The minimum absolute atomic E-state index is 0.209. The third kappa shape index (κ3) is 10.0. The summed E-state index contributed by atoms with van der Waals surface area (Å²) in [6, 6.07) is 6.06. The summed E-state index contributed by atoms with van der Waals surface area (Å²) in [5, 5.41) is 19.0. The highest BCUT2D eigenvalue weighted by Gasteiger charge is 2.22. The van der Waals surface area contributed by atoms with Crippen LogP contribution in [0.25, 0.3) is 0 Å². The van der Waals surface area contributed by atoms with Gasteiger partial charge in [-0.05, 0) is 68.7 Å². The first-order chi connectivity index (χ1) is 13.4. The van der Waals surface area contributed by atoms with Gasteiger partial charge in [-0.2, -0.15) is 9.59 Å². The van der Waals surface area contributed by atoms with E-state index in [2.05, 4.69) is 4.90 Å². The molecule has 28 heavy (non-hydrogen) atoms. The van der Waals surface area contributed by atoms with E-state index in [1.54, 1.807) is 0 Å². The van der Waals surface area contributed by atoms with Gasteiger partial charge in [0.05, 0.1) is 10.0 Å². The number of halogens is 2. The Kier molecular flexibility index (Phi) is 12.7. The molecule has 1 fully saturated rings. The summed E-state index contributed by atoms with van der Waals surface area (Å²) in [6.45, 7) is 3.03. The Hall–Kier alpha value is -0.915. The molecule has 0 spiro atoms. The Morgan fingerprint density at radius 1 is 1.18 bits per heavy atom. The smallest absolute Gasteiger partial charge is 0.427 e. The zero-order chi connectivity index (χ0) is 20.9. The van der Waals surface area contributed by atoms with Gasteiger partial charge in [0.2, 0.25) is 0 Å². The van der Waals surface area contributed by atoms with Gasteiger partial charge in [0.15, 0.2) is 0 Å². The molecule has 1 aromatic carbocycles. The second kappa shape index (κ2) is 14.1. The van der Waals surface area contributed by atoms with Crippen molar-refractivity contribution in [3.63, 3.8) is 0 Å². The van der Waals surface area contributed by atoms with Crippen molar-refractivity contribution >= 4 is 36.5 Å². The molecule has 6 nitrogen and oxygen atoms in total. The van der Waals surface area contributed by atoms with Crippen LogP contribution in [0, 0.1) is 5.92 Å². The minimum Gasteiger partial charge on any atom is -0.427 e. The van der Waals surface area contributed by atoms with Gasteiger partial charge >= 0.3 is 13.3 Å². The van der Waals surface area contributed by atoms with E-state index < -0.39 is 7.12 Å². The molecule has 1 aromatic rings. The molecular formula is C19H29BCl2N2O4. The van der Waals surface area contributed by atoms with Crippen LogP contribution in [0.3, 0.4) is 0 Å². The van der Waals surface area contributed by atoms with Crippen molar-refractivity contribution in [3.8, 4) is 0 Å². The first-order valence-electron chi connectivity index (χ1n) is 9.64. The Bertz CT molecular complexity index is 616. The van der Waals surface area contributed by atoms with Crippen molar-refractivity contribution in [1.82, 2.24) is 4.90 Å². The van der Waals surface area contributed by atoms with E-state index in [0.29, 0.717) is 22.3 Å². The van der Waals surface area contributed by atoms with Crippen molar-refractivity contribution in [1.29, 1.82) is 0 Å². The highest BCUT2D eigenvalue weighted by Crippen LogP contribution is 2.26. The standard InChI is InChI=1S/C18H29BCl2N2O2.CO2/c20-16-7-6-14(12-17(16)21)13-23-10-3-4-15(8-11-23)18(22)5-1-2-9-19(24)25;2-1-3/h6-7,12,15,18,24-25H,1-5,8-11,13,22H2;. The fraction of sp³-hybridized carbons (Fsp3) is 0.632. The first-order valence-corrected chi connectivity index (χ1v) is 10.4. The Morgan fingerprint density at radius 3 is 2.54 bits per heavy atom. The summed E-state index contributed by atoms with van der Waals surface area (Å²) in [7, 11) is -1.19. The number of nitrogens with two attached hydrogens (primary N) is 1. The molecule has 0 amide bonds. The molecule has 2 rings (SSSR count). The van der Waals surface area contributed by atoms with Crippen LogP contribution in [-0.4, -0.2) is 47.3 Å². The maximum absolute atomic E-state index is 8.89. The molecule has 1 aliphatic heterocycles. The lowest BCUT2D eigenvalue weighted by Gasteiger charge is -2.23. The fourth-order valence-electron chi connectivity index (χ4n) is 3.61. The fourth-order valence-corrected chi connectivity index (χ4v) is 3.93. The molecule has 2 unspecified atom stereocenters. The Morgan fingerprint density at radius 2 is 1.89 bits per heavy atom. The van der Waals surface area contributed by atoms with E-state index in [4.69, 9.17) is 48.6 Å². The van der Waals surface area contributed by atoms with E-state index in [9.17, 15) is 0 Å². The van der Waals surface area contributed by atoms with Gasteiger partial charge in [0.1, 0.15) is 0 Å². The second-order valence-corrected chi connectivity index (χ2v) is 8.04. The molecule has 0 aliphatic carbocycles. The highest BCUT2D eigenvalue weighted by molar-refractivity contribution is 6.42. The maximum atomic E-state index is 8.89. The normalized spacial score (nSPS) is 18.4. The van der Waals surface area contributed by atoms with Gasteiger partial charge in [0.25, 0.3) is 0 Å². The molecule has 9 heteroatoms. The van der Waals surface area contributed by atoms with Crippen molar-refractivity contribution in [2.75, 3.05) is 13.1 Å². The number of benzene rings is 1. The number of carbonyl (C=O) groups excluding carboxylic acids is 2. The van der Waals surface area contributed by atoms with Crippen LogP contribution < -0.4 is 5.73 Å². The zero-order valence-corrected chi connectivity index (χ0v) is 17.5. The largest absolute Gasteiger partial charge is 0.451 e. The average Bonchev–Trinajstić information content (AvgIpc) is 2.88. The molecule has 4 N–H and O–H groups in total. The topological polar surface area (TPSA) is 104 Å². The van der Waals surface area contributed by atoms with Gasteiger partial charge in [0, 0.05) is 12.6 Å². The summed E-state index contributed by atoms with van der Waals surface area (Å²) in [4.78, 5) is 18.7. The Labute approximate surface area is 177 Å². The summed E-state index contributed by atoms with van der Waals surface area (Å²) in [5.74, 6) is 0.554. The predicted octanol–water partition coefficient (Wildman–Crippen LogP) is 2.98. The SMILES string of the molecule is NC(CCCCB(O)O)C1CCCN(Cc2ccc(Cl)c(Cl)c2)CC1.O=C=O. The monoisotopic (exact) mass is 430 g/mol. The van der Waals surface area contributed by atoms with Crippen LogP contribution in [0.5, 0.6) is 0 Å². The molecule has 1 heterocycles. The van der Waals surface area contributed by atoms with Crippen LogP contribution in [-0.2, 0) is 16.1 Å². The zero-order valence-electron chi connectivity index (χ0n) is 16.0. The average molecular weight is 431 g/mol. The quantitative estimate of drug-likeness (QED) is 0.432. The van der Waals surface area contributed by atoms with Crippen molar-refractivity contribution in [2.24, 2.45) is 11.7 Å². The van der Waals surface area contributed by atoms with Crippen molar-refractivity contribution in [3.05, 3.63) is 33.8 Å². The Balaban J connectivity index is 0.00000122.